The van der Waals surface area contributed by atoms with Gasteiger partial charge >= 0.3 is 5.69 Å². The SMILES string of the molecule is Nc1c(Nc2cccc(CNC(=O)c3cc(C(=O)N[C@H]4CCc5cc(-c6nn[nH]n6)ccc54)nc4n[nH]c(=O)n34)c2)c(=O)c1=O. The molecule has 0 saturated heterocycles. The predicted molar refractivity (Wildman–Crippen MR) is 158 cm³/mol. The Labute approximate surface area is 250 Å². The van der Waals surface area contributed by atoms with Gasteiger partial charge in [0.05, 0.1) is 6.04 Å². The summed E-state index contributed by atoms with van der Waals surface area (Å²) >= 11 is 0. The molecule has 0 fully saturated rings. The number of rotatable bonds is 8. The van der Waals surface area contributed by atoms with Gasteiger partial charge in [0.15, 0.2) is 0 Å². The molecule has 2 amide bonds. The van der Waals surface area contributed by atoms with E-state index in [0.29, 0.717) is 23.5 Å². The fraction of sp³-hybridized carbons (Fsp3) is 0.143. The number of anilines is 3. The molecule has 0 bridgehead atoms. The molecule has 224 valence electrons. The van der Waals surface area contributed by atoms with Crippen molar-refractivity contribution in [1.82, 2.24) is 50.8 Å². The molecule has 3 heterocycles. The molecule has 45 heavy (non-hydrogen) atoms. The van der Waals surface area contributed by atoms with E-state index in [-0.39, 0.29) is 41.1 Å². The number of carbonyl (C=O) groups excluding carboxylic acids is 2. The van der Waals surface area contributed by atoms with Crippen LogP contribution in [0.4, 0.5) is 17.1 Å². The summed E-state index contributed by atoms with van der Waals surface area (Å²) in [5.41, 5.74) is 6.97. The Kier molecular flexibility index (Phi) is 6.46. The number of hydrogen-bond donors (Lipinski definition) is 6. The molecule has 3 aromatic carbocycles. The van der Waals surface area contributed by atoms with Gasteiger partial charge in [0.2, 0.25) is 5.82 Å². The summed E-state index contributed by atoms with van der Waals surface area (Å²) in [5.74, 6) is -0.882. The summed E-state index contributed by atoms with van der Waals surface area (Å²) in [4.78, 5) is 66.5. The monoisotopic (exact) mass is 606 g/mol. The van der Waals surface area contributed by atoms with Gasteiger partial charge in [0, 0.05) is 17.8 Å². The van der Waals surface area contributed by atoms with Crippen LogP contribution in [0.2, 0.25) is 0 Å². The van der Waals surface area contributed by atoms with Crippen molar-refractivity contribution in [2.45, 2.75) is 25.4 Å². The zero-order chi connectivity index (χ0) is 31.2. The van der Waals surface area contributed by atoms with Crippen LogP contribution in [0.15, 0.2) is 62.9 Å². The van der Waals surface area contributed by atoms with Gasteiger partial charge < -0.3 is 21.7 Å². The molecule has 1 aliphatic rings. The molecular formula is C28H22N12O5. The lowest BCUT2D eigenvalue weighted by Gasteiger charge is -2.15. The van der Waals surface area contributed by atoms with E-state index in [9.17, 15) is 24.0 Å². The van der Waals surface area contributed by atoms with Crippen molar-refractivity contribution in [2.24, 2.45) is 0 Å². The number of nitrogens with zero attached hydrogens (tertiary/aromatic N) is 6. The summed E-state index contributed by atoms with van der Waals surface area (Å²) in [7, 11) is 0. The molecule has 0 saturated carbocycles. The van der Waals surface area contributed by atoms with Crippen LogP contribution in [0.1, 0.15) is 50.1 Å². The van der Waals surface area contributed by atoms with E-state index in [0.717, 1.165) is 27.5 Å². The van der Waals surface area contributed by atoms with Gasteiger partial charge in [-0.25, -0.2) is 19.3 Å². The number of benzene rings is 2. The Hall–Kier alpha value is -6.52. The lowest BCUT2D eigenvalue weighted by atomic mass is 10.0. The van der Waals surface area contributed by atoms with E-state index >= 15 is 0 Å². The molecule has 0 unspecified atom stereocenters. The first-order chi connectivity index (χ1) is 21.8. The van der Waals surface area contributed by atoms with Crippen LogP contribution < -0.4 is 38.2 Å². The highest BCUT2D eigenvalue weighted by atomic mass is 16.2. The van der Waals surface area contributed by atoms with Crippen molar-refractivity contribution in [3.63, 3.8) is 0 Å². The number of aromatic amines is 2. The number of fused-ring (bicyclic) bond motifs is 2. The standard InChI is InChI=1S/C28H22N12O5/c29-20-21(23(42)22(20)41)31-15-3-1-2-12(8-15)11-30-26(44)19-10-18(33-27-36-37-28(45)40(19)27)25(43)32-17-7-5-13-9-14(4-6-16(13)17)24-34-38-39-35-24/h1-4,6,8-10,17,31H,5,7,11,29H2,(H,30,44)(H,32,43)(H,37,45)(H,34,35,38,39)/t17-/m0/s1. The second kappa shape index (κ2) is 10.6. The third kappa shape index (κ3) is 4.86. The summed E-state index contributed by atoms with van der Waals surface area (Å²) in [6.45, 7) is 0.0262. The molecule has 0 radical (unpaired) electrons. The zero-order valence-electron chi connectivity index (χ0n) is 23.1. The minimum absolute atomic E-state index is 0.0141. The lowest BCUT2D eigenvalue weighted by molar-refractivity contribution is 0.0931. The third-order valence-corrected chi connectivity index (χ3v) is 7.58. The largest absolute Gasteiger partial charge is 0.394 e. The van der Waals surface area contributed by atoms with Gasteiger partial charge in [0.1, 0.15) is 22.8 Å². The maximum atomic E-state index is 13.4. The van der Waals surface area contributed by atoms with Crippen molar-refractivity contribution < 1.29 is 9.59 Å². The van der Waals surface area contributed by atoms with E-state index in [1.54, 1.807) is 24.3 Å². The molecule has 7 rings (SSSR count). The second-order valence-corrected chi connectivity index (χ2v) is 10.4. The van der Waals surface area contributed by atoms with Gasteiger partial charge in [-0.2, -0.15) is 5.21 Å². The summed E-state index contributed by atoms with van der Waals surface area (Å²) < 4.78 is 0.975. The number of carbonyl (C=O) groups is 2. The minimum atomic E-state index is -0.740. The number of hydrogen-bond acceptors (Lipinski definition) is 12. The molecule has 1 atom stereocenters. The van der Waals surface area contributed by atoms with E-state index in [2.05, 4.69) is 51.8 Å². The van der Waals surface area contributed by atoms with Gasteiger partial charge in [-0.15, -0.1) is 15.3 Å². The fourth-order valence-electron chi connectivity index (χ4n) is 5.33. The van der Waals surface area contributed by atoms with Crippen LogP contribution in [0.25, 0.3) is 17.2 Å². The molecule has 0 aliphatic heterocycles. The molecule has 7 N–H and O–H groups in total. The fourth-order valence-corrected chi connectivity index (χ4v) is 5.33. The molecular weight excluding hydrogens is 584 g/mol. The predicted octanol–water partition coefficient (Wildman–Crippen LogP) is -0.133. The Bertz CT molecular complexity index is 2260. The number of aryl methyl sites for hydroxylation is 1. The number of aromatic nitrogens is 8. The maximum absolute atomic E-state index is 13.4. The van der Waals surface area contributed by atoms with Crippen molar-refractivity contribution in [1.29, 1.82) is 0 Å². The Balaban J connectivity index is 1.08. The smallest absolute Gasteiger partial charge is 0.349 e. The van der Waals surface area contributed by atoms with Crippen molar-refractivity contribution in [2.75, 3.05) is 11.1 Å². The van der Waals surface area contributed by atoms with Crippen molar-refractivity contribution >= 4 is 34.7 Å². The van der Waals surface area contributed by atoms with Crippen LogP contribution in [0.5, 0.6) is 0 Å². The first-order valence-electron chi connectivity index (χ1n) is 13.7. The van der Waals surface area contributed by atoms with E-state index in [4.69, 9.17) is 5.73 Å². The molecule has 0 spiro atoms. The average molecular weight is 607 g/mol. The van der Waals surface area contributed by atoms with Crippen LogP contribution in [-0.2, 0) is 13.0 Å². The number of H-pyrrole nitrogens is 2. The van der Waals surface area contributed by atoms with Crippen LogP contribution >= 0.6 is 0 Å². The summed E-state index contributed by atoms with van der Waals surface area (Å²) in [5, 5.41) is 28.6. The van der Waals surface area contributed by atoms with E-state index in [1.165, 1.54) is 6.07 Å². The third-order valence-electron chi connectivity index (χ3n) is 7.58. The average Bonchev–Trinajstić information content (AvgIpc) is 3.82. The number of nitrogen functional groups attached to an aromatic ring is 1. The van der Waals surface area contributed by atoms with Crippen LogP contribution in [-0.4, -0.2) is 52.0 Å². The Morgan fingerprint density at radius 3 is 2.69 bits per heavy atom. The highest BCUT2D eigenvalue weighted by Gasteiger charge is 2.27. The van der Waals surface area contributed by atoms with Gasteiger partial charge in [0.25, 0.3) is 28.4 Å². The lowest BCUT2D eigenvalue weighted by Crippen LogP contribution is -2.36. The highest BCUT2D eigenvalue weighted by Crippen LogP contribution is 2.33. The first-order valence-corrected chi connectivity index (χ1v) is 13.7. The normalized spacial score (nSPS) is 14.0. The Morgan fingerprint density at radius 1 is 1.02 bits per heavy atom. The van der Waals surface area contributed by atoms with Crippen molar-refractivity contribution in [3.05, 3.63) is 108 Å². The molecule has 1 aliphatic carbocycles. The van der Waals surface area contributed by atoms with E-state index in [1.807, 2.05) is 18.2 Å². The zero-order valence-corrected chi connectivity index (χ0v) is 23.1. The second-order valence-electron chi connectivity index (χ2n) is 10.4. The topological polar surface area (TPSA) is 248 Å². The Morgan fingerprint density at radius 2 is 1.89 bits per heavy atom. The van der Waals surface area contributed by atoms with Gasteiger partial charge in [-0.3, -0.25) is 19.2 Å². The van der Waals surface area contributed by atoms with Gasteiger partial charge in [-0.05, 0) is 59.0 Å². The first kappa shape index (κ1) is 27.3. The van der Waals surface area contributed by atoms with Crippen LogP contribution in [0.3, 0.4) is 0 Å². The van der Waals surface area contributed by atoms with E-state index < -0.39 is 28.4 Å². The summed E-state index contributed by atoms with van der Waals surface area (Å²) in [6, 6.07) is 13.4. The number of amides is 2. The number of nitrogens with two attached hydrogens (primary N) is 1. The van der Waals surface area contributed by atoms with Crippen LogP contribution in [0, 0.1) is 0 Å². The quantitative estimate of drug-likeness (QED) is 0.124. The maximum Gasteiger partial charge on any atom is 0.349 e. The van der Waals surface area contributed by atoms with Crippen molar-refractivity contribution in [3.8, 4) is 11.4 Å². The highest BCUT2D eigenvalue weighted by molar-refractivity contribution is 5.98. The van der Waals surface area contributed by atoms with Gasteiger partial charge in [-0.1, -0.05) is 24.3 Å². The molecule has 6 aromatic rings. The number of nitrogens with one attached hydrogen (secondary N) is 5. The molecule has 3 aromatic heterocycles. The number of tetrazole rings is 1. The molecule has 17 heteroatoms. The molecule has 17 nitrogen and oxygen atoms in total. The minimum Gasteiger partial charge on any atom is -0.394 e. The summed E-state index contributed by atoms with van der Waals surface area (Å²) in [6.07, 6.45) is 1.37.